The summed E-state index contributed by atoms with van der Waals surface area (Å²) in [6.45, 7) is 6.40. The molecule has 2 amide bonds. The smallest absolute Gasteiger partial charge is 0.251 e. The van der Waals surface area contributed by atoms with E-state index in [9.17, 15) is 14.0 Å². The molecule has 1 atom stereocenters. The number of amides is 2. The summed E-state index contributed by atoms with van der Waals surface area (Å²) >= 11 is 0. The third-order valence-corrected chi connectivity index (χ3v) is 4.96. The number of benzene rings is 2. The van der Waals surface area contributed by atoms with Gasteiger partial charge in [0, 0.05) is 24.4 Å². The monoisotopic (exact) mass is 465 g/mol. The standard InChI is InChI=1S/C26H28FN3O4/c1-4-33-21-10-6-19(7-11-21)25(31)30-24(17(2)3)26(32)29-16-18-5-14-23(28-15-18)34-22-12-8-20(27)9-13-22/h5-15,17,24H,4,16H2,1-3H3,(H,29,32)(H,30,31). The zero-order chi connectivity index (χ0) is 24.5. The summed E-state index contributed by atoms with van der Waals surface area (Å²) in [5, 5.41) is 5.65. The van der Waals surface area contributed by atoms with Crippen LogP contribution in [-0.4, -0.2) is 29.4 Å². The molecule has 7 nitrogen and oxygen atoms in total. The predicted molar refractivity (Wildman–Crippen MR) is 126 cm³/mol. The zero-order valence-electron chi connectivity index (χ0n) is 19.4. The van der Waals surface area contributed by atoms with Gasteiger partial charge in [-0.2, -0.15) is 0 Å². The molecule has 178 valence electrons. The molecule has 3 rings (SSSR count). The molecule has 0 aliphatic carbocycles. The number of rotatable bonds is 10. The lowest BCUT2D eigenvalue weighted by Crippen LogP contribution is -2.49. The van der Waals surface area contributed by atoms with Crippen molar-refractivity contribution in [1.29, 1.82) is 0 Å². The highest BCUT2D eigenvalue weighted by Gasteiger charge is 2.24. The lowest BCUT2D eigenvalue weighted by molar-refractivity contribution is -0.124. The van der Waals surface area contributed by atoms with Crippen LogP contribution in [0, 0.1) is 11.7 Å². The number of nitrogens with one attached hydrogen (secondary N) is 2. The molecule has 0 radical (unpaired) electrons. The van der Waals surface area contributed by atoms with Gasteiger partial charge in [0.15, 0.2) is 0 Å². The normalized spacial score (nSPS) is 11.6. The van der Waals surface area contributed by atoms with Crippen LogP contribution in [0.25, 0.3) is 0 Å². The summed E-state index contributed by atoms with van der Waals surface area (Å²) in [4.78, 5) is 29.6. The van der Waals surface area contributed by atoms with E-state index < -0.39 is 6.04 Å². The van der Waals surface area contributed by atoms with E-state index in [0.29, 0.717) is 29.5 Å². The molecule has 1 aromatic heterocycles. The second-order valence-electron chi connectivity index (χ2n) is 7.93. The fourth-order valence-corrected chi connectivity index (χ4v) is 3.13. The van der Waals surface area contributed by atoms with E-state index in [1.54, 1.807) is 42.6 Å². The van der Waals surface area contributed by atoms with Crippen LogP contribution in [0.15, 0.2) is 66.9 Å². The number of carbonyl (C=O) groups is 2. The van der Waals surface area contributed by atoms with Crippen LogP contribution in [0.5, 0.6) is 17.4 Å². The van der Waals surface area contributed by atoms with E-state index in [1.165, 1.54) is 24.3 Å². The maximum absolute atomic E-state index is 13.0. The van der Waals surface area contributed by atoms with Crippen molar-refractivity contribution in [3.63, 3.8) is 0 Å². The maximum atomic E-state index is 13.0. The van der Waals surface area contributed by atoms with E-state index in [0.717, 1.165) is 5.56 Å². The Morgan fingerprint density at radius 3 is 2.24 bits per heavy atom. The third-order valence-electron chi connectivity index (χ3n) is 4.96. The van der Waals surface area contributed by atoms with Gasteiger partial charge in [-0.05, 0) is 66.9 Å². The van der Waals surface area contributed by atoms with Crippen molar-refractivity contribution in [2.24, 2.45) is 5.92 Å². The molecule has 2 aromatic carbocycles. The molecule has 34 heavy (non-hydrogen) atoms. The highest BCUT2D eigenvalue weighted by molar-refractivity contribution is 5.97. The van der Waals surface area contributed by atoms with Gasteiger partial charge in [-0.15, -0.1) is 0 Å². The van der Waals surface area contributed by atoms with Gasteiger partial charge in [-0.3, -0.25) is 9.59 Å². The van der Waals surface area contributed by atoms with Gasteiger partial charge in [0.1, 0.15) is 23.4 Å². The third kappa shape index (κ3) is 7.03. The Balaban J connectivity index is 1.54. The molecule has 2 N–H and O–H groups in total. The molecule has 0 spiro atoms. The Bertz CT molecular complexity index is 1080. The average Bonchev–Trinajstić information content (AvgIpc) is 2.83. The molecule has 0 saturated heterocycles. The average molecular weight is 466 g/mol. The largest absolute Gasteiger partial charge is 0.494 e. The zero-order valence-corrected chi connectivity index (χ0v) is 19.4. The minimum absolute atomic E-state index is 0.115. The van der Waals surface area contributed by atoms with Gasteiger partial charge in [-0.1, -0.05) is 19.9 Å². The van der Waals surface area contributed by atoms with Crippen molar-refractivity contribution in [2.45, 2.75) is 33.4 Å². The predicted octanol–water partition coefficient (Wildman–Crippen LogP) is 4.48. The second-order valence-corrected chi connectivity index (χ2v) is 7.93. The van der Waals surface area contributed by atoms with Crippen LogP contribution in [0.4, 0.5) is 4.39 Å². The van der Waals surface area contributed by atoms with Gasteiger partial charge < -0.3 is 20.1 Å². The summed E-state index contributed by atoms with van der Waals surface area (Å²) in [5.41, 5.74) is 1.21. The first-order valence-electron chi connectivity index (χ1n) is 11.1. The fraction of sp³-hybridized carbons (Fsp3) is 0.269. The molecule has 0 aliphatic rings. The Labute approximate surface area is 198 Å². The maximum Gasteiger partial charge on any atom is 0.251 e. The molecule has 0 bridgehead atoms. The Hall–Kier alpha value is -3.94. The molecule has 1 heterocycles. The van der Waals surface area contributed by atoms with Crippen molar-refractivity contribution in [1.82, 2.24) is 15.6 Å². The van der Waals surface area contributed by atoms with Crippen molar-refractivity contribution >= 4 is 11.8 Å². The van der Waals surface area contributed by atoms with Crippen LogP contribution in [0.3, 0.4) is 0 Å². The number of hydrogen-bond donors (Lipinski definition) is 2. The molecule has 0 fully saturated rings. The van der Waals surface area contributed by atoms with Crippen molar-refractivity contribution < 1.29 is 23.5 Å². The van der Waals surface area contributed by atoms with E-state index in [-0.39, 0.29) is 30.1 Å². The lowest BCUT2D eigenvalue weighted by Gasteiger charge is -2.22. The van der Waals surface area contributed by atoms with Gasteiger partial charge in [0.25, 0.3) is 5.91 Å². The highest BCUT2D eigenvalue weighted by atomic mass is 19.1. The van der Waals surface area contributed by atoms with Crippen LogP contribution in [0.1, 0.15) is 36.7 Å². The first-order chi connectivity index (χ1) is 16.4. The van der Waals surface area contributed by atoms with Crippen LogP contribution in [-0.2, 0) is 11.3 Å². The number of hydrogen-bond acceptors (Lipinski definition) is 5. The van der Waals surface area contributed by atoms with E-state index in [2.05, 4.69) is 15.6 Å². The fourth-order valence-electron chi connectivity index (χ4n) is 3.13. The summed E-state index contributed by atoms with van der Waals surface area (Å²) in [6.07, 6.45) is 1.59. The Kier molecular flexibility index (Phi) is 8.56. The molecule has 1 unspecified atom stereocenters. The first-order valence-corrected chi connectivity index (χ1v) is 11.1. The van der Waals surface area contributed by atoms with Gasteiger partial charge in [0.05, 0.1) is 6.61 Å². The van der Waals surface area contributed by atoms with Crippen LogP contribution in [0.2, 0.25) is 0 Å². The van der Waals surface area contributed by atoms with E-state index >= 15 is 0 Å². The number of pyridine rings is 1. The Morgan fingerprint density at radius 1 is 0.971 bits per heavy atom. The summed E-state index contributed by atoms with van der Waals surface area (Å²) in [6, 6.07) is 15.1. The van der Waals surface area contributed by atoms with Gasteiger partial charge in [0.2, 0.25) is 11.8 Å². The van der Waals surface area contributed by atoms with Crippen LogP contribution >= 0.6 is 0 Å². The number of halogens is 1. The molecular weight excluding hydrogens is 437 g/mol. The molecule has 8 heteroatoms. The quantitative estimate of drug-likeness (QED) is 0.461. The number of ether oxygens (including phenoxy) is 2. The SMILES string of the molecule is CCOc1ccc(C(=O)NC(C(=O)NCc2ccc(Oc3ccc(F)cc3)nc2)C(C)C)cc1. The first kappa shape index (κ1) is 24.7. The molecular formula is C26H28FN3O4. The van der Waals surface area contributed by atoms with Crippen molar-refractivity contribution in [2.75, 3.05) is 6.61 Å². The summed E-state index contributed by atoms with van der Waals surface area (Å²) < 4.78 is 24.0. The van der Waals surface area contributed by atoms with Gasteiger partial charge >= 0.3 is 0 Å². The molecule has 0 saturated carbocycles. The summed E-state index contributed by atoms with van der Waals surface area (Å²) in [5.74, 6) is 0.419. The minimum atomic E-state index is -0.701. The highest BCUT2D eigenvalue weighted by Crippen LogP contribution is 2.19. The minimum Gasteiger partial charge on any atom is -0.494 e. The van der Waals surface area contributed by atoms with E-state index in [4.69, 9.17) is 9.47 Å². The molecule has 3 aromatic rings. The van der Waals surface area contributed by atoms with Crippen molar-refractivity contribution in [3.8, 4) is 17.4 Å². The lowest BCUT2D eigenvalue weighted by atomic mass is 10.0. The Morgan fingerprint density at radius 2 is 1.65 bits per heavy atom. The molecule has 0 aliphatic heterocycles. The van der Waals surface area contributed by atoms with E-state index in [1.807, 2.05) is 20.8 Å². The van der Waals surface area contributed by atoms with Crippen molar-refractivity contribution in [3.05, 3.63) is 83.8 Å². The topological polar surface area (TPSA) is 89.5 Å². The number of carbonyl (C=O) groups excluding carboxylic acids is 2. The number of nitrogens with zero attached hydrogens (tertiary/aromatic N) is 1. The summed E-state index contributed by atoms with van der Waals surface area (Å²) in [7, 11) is 0. The number of aromatic nitrogens is 1. The van der Waals surface area contributed by atoms with Gasteiger partial charge in [-0.25, -0.2) is 9.37 Å². The van der Waals surface area contributed by atoms with Crippen LogP contribution < -0.4 is 20.1 Å². The second kappa shape index (κ2) is 11.8.